The van der Waals surface area contributed by atoms with Gasteiger partial charge in [-0.25, -0.2) is 9.98 Å². The van der Waals surface area contributed by atoms with E-state index in [1.165, 1.54) is 37.9 Å². The molecule has 2 N–H and O–H groups in total. The van der Waals surface area contributed by atoms with Gasteiger partial charge in [0.1, 0.15) is 0 Å². The molecule has 140 valence electrons. The summed E-state index contributed by atoms with van der Waals surface area (Å²) >= 11 is 0. The summed E-state index contributed by atoms with van der Waals surface area (Å²) < 4.78 is 2.03. The minimum absolute atomic E-state index is 0.632. The number of benzene rings is 1. The second-order valence-corrected chi connectivity index (χ2v) is 6.62. The van der Waals surface area contributed by atoms with Gasteiger partial charge in [0, 0.05) is 32.0 Å². The normalized spacial score (nSPS) is 15.8. The van der Waals surface area contributed by atoms with Crippen LogP contribution in [-0.2, 0) is 6.54 Å². The maximum absolute atomic E-state index is 4.78. The van der Waals surface area contributed by atoms with Crippen molar-refractivity contribution in [1.82, 2.24) is 25.1 Å². The molecule has 0 spiro atoms. The number of aromatic nitrogens is 2. The number of aliphatic imine (C=N–C) groups is 1. The Hall–Kier alpha value is -2.34. The van der Waals surface area contributed by atoms with Crippen molar-refractivity contribution in [1.29, 1.82) is 0 Å². The number of nitrogens with zero attached hydrogens (tertiary/aromatic N) is 4. The number of nitrogens with one attached hydrogen (secondary N) is 2. The summed E-state index contributed by atoms with van der Waals surface area (Å²) in [5.41, 5.74) is 2.30. The van der Waals surface area contributed by atoms with Crippen LogP contribution >= 0.6 is 0 Å². The number of para-hydroxylation sites is 1. The molecule has 1 aliphatic heterocycles. The Morgan fingerprint density at radius 3 is 2.77 bits per heavy atom. The Balaban J connectivity index is 1.59. The van der Waals surface area contributed by atoms with E-state index in [4.69, 9.17) is 4.99 Å². The SMILES string of the molecule is CCNC(=NCc1ccccc1-n1ccnc1)NCCN1CCCCC1. The van der Waals surface area contributed by atoms with Crippen molar-refractivity contribution >= 4 is 5.96 Å². The van der Waals surface area contributed by atoms with Crippen molar-refractivity contribution in [2.75, 3.05) is 32.7 Å². The highest BCUT2D eigenvalue weighted by Crippen LogP contribution is 2.15. The van der Waals surface area contributed by atoms with E-state index in [0.29, 0.717) is 6.54 Å². The van der Waals surface area contributed by atoms with E-state index >= 15 is 0 Å². The monoisotopic (exact) mass is 354 g/mol. The van der Waals surface area contributed by atoms with E-state index in [0.717, 1.165) is 31.3 Å². The summed E-state index contributed by atoms with van der Waals surface area (Å²) in [6, 6.07) is 8.33. The molecule has 1 aromatic carbocycles. The molecule has 26 heavy (non-hydrogen) atoms. The summed E-state index contributed by atoms with van der Waals surface area (Å²) in [7, 11) is 0. The van der Waals surface area contributed by atoms with Crippen molar-refractivity contribution in [3.05, 3.63) is 48.5 Å². The van der Waals surface area contributed by atoms with E-state index in [2.05, 4.69) is 45.6 Å². The topological polar surface area (TPSA) is 57.5 Å². The van der Waals surface area contributed by atoms with Crippen LogP contribution in [0, 0.1) is 0 Å². The number of guanidine groups is 1. The molecule has 0 bridgehead atoms. The van der Waals surface area contributed by atoms with E-state index < -0.39 is 0 Å². The molecule has 6 nitrogen and oxygen atoms in total. The van der Waals surface area contributed by atoms with Crippen LogP contribution < -0.4 is 10.6 Å². The molecule has 2 heterocycles. The predicted octanol–water partition coefficient (Wildman–Crippen LogP) is 2.41. The summed E-state index contributed by atoms with van der Waals surface area (Å²) in [6.07, 6.45) is 9.63. The molecule has 1 aromatic heterocycles. The van der Waals surface area contributed by atoms with Gasteiger partial charge in [0.2, 0.25) is 0 Å². The van der Waals surface area contributed by atoms with Gasteiger partial charge in [0.05, 0.1) is 18.6 Å². The quantitative estimate of drug-likeness (QED) is 0.592. The molecule has 1 fully saturated rings. The van der Waals surface area contributed by atoms with E-state index in [1.807, 2.05) is 23.2 Å². The lowest BCUT2D eigenvalue weighted by atomic mass is 10.1. The molecule has 2 aromatic rings. The van der Waals surface area contributed by atoms with Gasteiger partial charge >= 0.3 is 0 Å². The van der Waals surface area contributed by atoms with Gasteiger partial charge < -0.3 is 20.1 Å². The molecular formula is C20H30N6. The fourth-order valence-corrected chi connectivity index (χ4v) is 3.32. The summed E-state index contributed by atoms with van der Waals surface area (Å²) in [5.74, 6) is 0.880. The largest absolute Gasteiger partial charge is 0.357 e. The second-order valence-electron chi connectivity index (χ2n) is 6.62. The van der Waals surface area contributed by atoms with Crippen molar-refractivity contribution in [2.24, 2.45) is 4.99 Å². The number of imidazole rings is 1. The van der Waals surface area contributed by atoms with Crippen molar-refractivity contribution in [3.8, 4) is 5.69 Å². The lowest BCUT2D eigenvalue weighted by Gasteiger charge is -2.26. The summed E-state index contributed by atoms with van der Waals surface area (Å²) in [5, 5.41) is 6.82. The molecule has 0 atom stereocenters. The minimum atomic E-state index is 0.632. The highest BCUT2D eigenvalue weighted by molar-refractivity contribution is 5.79. The smallest absolute Gasteiger partial charge is 0.191 e. The summed E-state index contributed by atoms with van der Waals surface area (Å²) in [6.45, 7) is 8.06. The van der Waals surface area contributed by atoms with Gasteiger partial charge in [-0.3, -0.25) is 0 Å². The third-order valence-corrected chi connectivity index (χ3v) is 4.70. The first-order valence-corrected chi connectivity index (χ1v) is 9.67. The van der Waals surface area contributed by atoms with Gasteiger partial charge in [-0.15, -0.1) is 0 Å². The predicted molar refractivity (Wildman–Crippen MR) is 107 cm³/mol. The fraction of sp³-hybridized carbons (Fsp3) is 0.500. The second kappa shape index (κ2) is 9.97. The van der Waals surface area contributed by atoms with Gasteiger partial charge in [-0.05, 0) is 44.5 Å². The number of hydrogen-bond donors (Lipinski definition) is 2. The van der Waals surface area contributed by atoms with Gasteiger partial charge in [0.25, 0.3) is 0 Å². The third kappa shape index (κ3) is 5.33. The molecule has 3 rings (SSSR count). The highest BCUT2D eigenvalue weighted by atomic mass is 15.2. The Kier molecular flexibility index (Phi) is 7.07. The standard InChI is InChI=1S/C20H30N6/c1-2-22-20(23-11-14-25-12-6-3-7-13-25)24-16-18-8-4-5-9-19(18)26-15-10-21-17-26/h4-5,8-10,15,17H,2-3,6-7,11-14,16H2,1H3,(H2,22,23,24). The van der Waals surface area contributed by atoms with Crippen LogP contribution in [0.15, 0.2) is 48.0 Å². The van der Waals surface area contributed by atoms with Crippen LogP contribution in [0.3, 0.4) is 0 Å². The lowest BCUT2D eigenvalue weighted by molar-refractivity contribution is 0.232. The van der Waals surface area contributed by atoms with Crippen molar-refractivity contribution in [3.63, 3.8) is 0 Å². The number of rotatable bonds is 7. The average molecular weight is 355 g/mol. The zero-order chi connectivity index (χ0) is 18.0. The Bertz CT molecular complexity index is 673. The lowest BCUT2D eigenvalue weighted by Crippen LogP contribution is -2.42. The van der Waals surface area contributed by atoms with Crippen molar-refractivity contribution in [2.45, 2.75) is 32.7 Å². The minimum Gasteiger partial charge on any atom is -0.357 e. The van der Waals surface area contributed by atoms with Crippen LogP contribution in [0.25, 0.3) is 5.69 Å². The Morgan fingerprint density at radius 2 is 2.00 bits per heavy atom. The molecule has 0 saturated carbocycles. The first-order valence-electron chi connectivity index (χ1n) is 9.67. The molecule has 0 unspecified atom stereocenters. The number of piperidine rings is 1. The first kappa shape index (κ1) is 18.5. The molecule has 0 amide bonds. The van der Waals surface area contributed by atoms with E-state index in [9.17, 15) is 0 Å². The van der Waals surface area contributed by atoms with Gasteiger partial charge in [-0.2, -0.15) is 0 Å². The van der Waals surface area contributed by atoms with Crippen LogP contribution in [0.5, 0.6) is 0 Å². The van der Waals surface area contributed by atoms with Crippen LogP contribution in [0.2, 0.25) is 0 Å². The van der Waals surface area contributed by atoms with Crippen LogP contribution in [0.4, 0.5) is 0 Å². The van der Waals surface area contributed by atoms with Gasteiger partial charge in [-0.1, -0.05) is 24.6 Å². The number of likely N-dealkylation sites (tertiary alicyclic amines) is 1. The third-order valence-electron chi connectivity index (χ3n) is 4.70. The summed E-state index contributed by atoms with van der Waals surface area (Å²) in [4.78, 5) is 11.5. The van der Waals surface area contributed by atoms with E-state index in [-0.39, 0.29) is 0 Å². The first-order chi connectivity index (χ1) is 12.9. The Labute approximate surface area is 156 Å². The maximum Gasteiger partial charge on any atom is 0.191 e. The highest BCUT2D eigenvalue weighted by Gasteiger charge is 2.09. The molecule has 0 aliphatic carbocycles. The zero-order valence-electron chi connectivity index (χ0n) is 15.7. The molecular weight excluding hydrogens is 324 g/mol. The fourth-order valence-electron chi connectivity index (χ4n) is 3.32. The van der Waals surface area contributed by atoms with Crippen LogP contribution in [-0.4, -0.2) is 53.1 Å². The maximum atomic E-state index is 4.78. The zero-order valence-corrected chi connectivity index (χ0v) is 15.7. The average Bonchev–Trinajstić information content (AvgIpc) is 3.22. The van der Waals surface area contributed by atoms with Gasteiger partial charge in [0.15, 0.2) is 5.96 Å². The number of hydrogen-bond acceptors (Lipinski definition) is 3. The Morgan fingerprint density at radius 1 is 1.15 bits per heavy atom. The molecule has 6 heteroatoms. The molecule has 1 aliphatic rings. The van der Waals surface area contributed by atoms with E-state index in [1.54, 1.807) is 6.20 Å². The van der Waals surface area contributed by atoms with Crippen LogP contribution in [0.1, 0.15) is 31.7 Å². The molecule has 0 radical (unpaired) electrons. The molecule has 1 saturated heterocycles. The van der Waals surface area contributed by atoms with Crippen molar-refractivity contribution < 1.29 is 0 Å².